The summed E-state index contributed by atoms with van der Waals surface area (Å²) in [4.78, 5) is 0.275. The van der Waals surface area contributed by atoms with Crippen LogP contribution in [-0.2, 0) is 9.84 Å². The van der Waals surface area contributed by atoms with E-state index in [4.69, 9.17) is 10.5 Å². The first kappa shape index (κ1) is 13.7. The molecule has 1 aromatic carbocycles. The molecule has 0 saturated carbocycles. The van der Waals surface area contributed by atoms with Gasteiger partial charge in [-0.2, -0.15) is 0 Å². The molecule has 0 aliphatic carbocycles. The van der Waals surface area contributed by atoms with Gasteiger partial charge in [0.25, 0.3) is 0 Å². The van der Waals surface area contributed by atoms with Gasteiger partial charge >= 0.3 is 0 Å². The molecule has 0 aromatic heterocycles. The molecule has 104 valence electrons. The zero-order chi connectivity index (χ0) is 13.9. The van der Waals surface area contributed by atoms with Gasteiger partial charge in [-0.05, 0) is 30.7 Å². The van der Waals surface area contributed by atoms with E-state index in [1.165, 1.54) is 6.26 Å². The highest BCUT2D eigenvalue weighted by atomic mass is 32.2. The van der Waals surface area contributed by atoms with Gasteiger partial charge in [0, 0.05) is 18.7 Å². The van der Waals surface area contributed by atoms with Crippen molar-refractivity contribution < 1.29 is 13.2 Å². The molecule has 1 aromatic rings. The van der Waals surface area contributed by atoms with Crippen LogP contribution in [0.1, 0.15) is 6.42 Å². The Morgan fingerprint density at radius 2 is 2.26 bits per heavy atom. The fourth-order valence-corrected chi connectivity index (χ4v) is 2.58. The van der Waals surface area contributed by atoms with Crippen LogP contribution < -0.4 is 15.8 Å². The van der Waals surface area contributed by atoms with E-state index in [-0.39, 0.29) is 4.90 Å². The number of hydrogen-bond acceptors (Lipinski definition) is 5. The van der Waals surface area contributed by atoms with Crippen molar-refractivity contribution in [2.75, 3.05) is 19.4 Å². The third-order valence-electron chi connectivity index (χ3n) is 2.97. The smallest absolute Gasteiger partial charge is 0.175 e. The van der Waals surface area contributed by atoms with Crippen LogP contribution in [0, 0.1) is 5.92 Å². The first-order chi connectivity index (χ1) is 8.95. The summed E-state index contributed by atoms with van der Waals surface area (Å²) in [6, 6.07) is 6.55. The lowest BCUT2D eigenvalue weighted by atomic mass is 10.1. The lowest BCUT2D eigenvalue weighted by Gasteiger charge is -2.10. The molecule has 1 aliphatic heterocycles. The highest BCUT2D eigenvalue weighted by Crippen LogP contribution is 2.18. The Bertz CT molecular complexity index is 581. The Kier molecular flexibility index (Phi) is 3.99. The molecule has 0 radical (unpaired) electrons. The van der Waals surface area contributed by atoms with Gasteiger partial charge in [0.2, 0.25) is 0 Å². The number of nitrogens with one attached hydrogen (secondary N) is 1. The van der Waals surface area contributed by atoms with Crippen LogP contribution in [0.5, 0.6) is 5.75 Å². The minimum absolute atomic E-state index is 0.275. The molecule has 1 aliphatic rings. The molecule has 1 atom stereocenters. The SMILES string of the molecule is CS(=O)(=O)c1cccc(OCC[C@H]2C=C(N)NC2)c1. The minimum Gasteiger partial charge on any atom is -0.494 e. The normalized spacial score (nSPS) is 18.8. The van der Waals surface area contributed by atoms with Gasteiger partial charge < -0.3 is 15.8 Å². The maximum atomic E-state index is 11.4. The van der Waals surface area contributed by atoms with Crippen LogP contribution >= 0.6 is 0 Å². The lowest BCUT2D eigenvalue weighted by molar-refractivity contribution is 0.293. The second-order valence-corrected chi connectivity index (χ2v) is 6.66. The van der Waals surface area contributed by atoms with Crippen molar-refractivity contribution in [3.63, 3.8) is 0 Å². The lowest BCUT2D eigenvalue weighted by Crippen LogP contribution is -2.17. The van der Waals surface area contributed by atoms with E-state index in [1.54, 1.807) is 24.3 Å². The quantitative estimate of drug-likeness (QED) is 0.838. The van der Waals surface area contributed by atoms with Gasteiger partial charge in [-0.25, -0.2) is 8.42 Å². The molecule has 19 heavy (non-hydrogen) atoms. The third kappa shape index (κ3) is 3.89. The topological polar surface area (TPSA) is 81.4 Å². The number of sulfone groups is 1. The summed E-state index contributed by atoms with van der Waals surface area (Å²) in [5.41, 5.74) is 5.62. The maximum absolute atomic E-state index is 11.4. The first-order valence-electron chi connectivity index (χ1n) is 6.09. The molecule has 0 spiro atoms. The Balaban J connectivity index is 1.90. The predicted molar refractivity (Wildman–Crippen MR) is 73.4 cm³/mol. The Labute approximate surface area is 113 Å². The van der Waals surface area contributed by atoms with Gasteiger partial charge in [-0.3, -0.25) is 0 Å². The van der Waals surface area contributed by atoms with Gasteiger partial charge in [0.05, 0.1) is 17.3 Å². The fourth-order valence-electron chi connectivity index (χ4n) is 1.93. The molecule has 0 unspecified atom stereocenters. The van der Waals surface area contributed by atoms with Crippen molar-refractivity contribution in [1.29, 1.82) is 0 Å². The molecule has 6 heteroatoms. The van der Waals surface area contributed by atoms with E-state index >= 15 is 0 Å². The maximum Gasteiger partial charge on any atom is 0.175 e. The molecule has 0 amide bonds. The summed E-state index contributed by atoms with van der Waals surface area (Å²) in [7, 11) is -3.19. The van der Waals surface area contributed by atoms with Gasteiger partial charge in [0.15, 0.2) is 9.84 Å². The second kappa shape index (κ2) is 5.52. The Morgan fingerprint density at radius 3 is 2.89 bits per heavy atom. The number of hydrogen-bond donors (Lipinski definition) is 2. The monoisotopic (exact) mass is 282 g/mol. The first-order valence-corrected chi connectivity index (χ1v) is 7.98. The van der Waals surface area contributed by atoms with Crippen molar-refractivity contribution in [3.05, 3.63) is 36.2 Å². The molecule has 0 fully saturated rings. The average molecular weight is 282 g/mol. The van der Waals surface area contributed by atoms with Gasteiger partial charge in [-0.1, -0.05) is 6.07 Å². The number of ether oxygens (including phenoxy) is 1. The molecular formula is C13H18N2O3S. The molecule has 5 nitrogen and oxygen atoms in total. The summed E-state index contributed by atoms with van der Waals surface area (Å²) in [5, 5.41) is 3.05. The van der Waals surface area contributed by atoms with E-state index < -0.39 is 9.84 Å². The zero-order valence-corrected chi connectivity index (χ0v) is 11.6. The second-order valence-electron chi connectivity index (χ2n) is 4.65. The summed E-state index contributed by atoms with van der Waals surface area (Å²) in [6.45, 7) is 1.36. The largest absolute Gasteiger partial charge is 0.494 e. The molecule has 1 heterocycles. The van der Waals surface area contributed by atoms with E-state index in [2.05, 4.69) is 5.32 Å². The van der Waals surface area contributed by atoms with Crippen molar-refractivity contribution in [2.45, 2.75) is 11.3 Å². The molecule has 2 rings (SSSR count). The van der Waals surface area contributed by atoms with Crippen molar-refractivity contribution in [3.8, 4) is 5.75 Å². The zero-order valence-electron chi connectivity index (χ0n) is 10.8. The fraction of sp³-hybridized carbons (Fsp3) is 0.385. The van der Waals surface area contributed by atoms with Crippen LogP contribution in [-0.4, -0.2) is 27.8 Å². The Morgan fingerprint density at radius 1 is 1.47 bits per heavy atom. The van der Waals surface area contributed by atoms with E-state index in [0.717, 1.165) is 13.0 Å². The van der Waals surface area contributed by atoms with E-state index in [1.807, 2.05) is 6.08 Å². The third-order valence-corrected chi connectivity index (χ3v) is 4.08. The van der Waals surface area contributed by atoms with Crippen molar-refractivity contribution in [1.82, 2.24) is 5.32 Å². The summed E-state index contributed by atoms with van der Waals surface area (Å²) < 4.78 is 28.4. The molecule has 0 saturated heterocycles. The average Bonchev–Trinajstić information content (AvgIpc) is 2.74. The van der Waals surface area contributed by atoms with Crippen molar-refractivity contribution in [2.24, 2.45) is 11.7 Å². The van der Waals surface area contributed by atoms with Gasteiger partial charge in [-0.15, -0.1) is 0 Å². The Hall–Kier alpha value is -1.69. The summed E-state index contributed by atoms with van der Waals surface area (Å²) in [5.74, 6) is 1.66. The number of nitrogens with two attached hydrogens (primary N) is 1. The molecule has 0 bridgehead atoms. The summed E-state index contributed by atoms with van der Waals surface area (Å²) in [6.07, 6.45) is 4.01. The highest BCUT2D eigenvalue weighted by Gasteiger charge is 2.13. The van der Waals surface area contributed by atoms with Crippen LogP contribution in [0.25, 0.3) is 0 Å². The number of benzene rings is 1. The standard InChI is InChI=1S/C13H18N2O3S/c1-19(16,17)12-4-2-3-11(8-12)18-6-5-10-7-13(14)15-9-10/h2-4,7-8,10,15H,5-6,9,14H2,1H3/t10-/m0/s1. The number of rotatable bonds is 5. The van der Waals surface area contributed by atoms with Crippen LogP contribution in [0.4, 0.5) is 0 Å². The predicted octanol–water partition coefficient (Wildman–Crippen LogP) is 0.879. The molecular weight excluding hydrogens is 264 g/mol. The van der Waals surface area contributed by atoms with Crippen LogP contribution in [0.2, 0.25) is 0 Å². The van der Waals surface area contributed by atoms with E-state index in [0.29, 0.717) is 24.1 Å². The summed E-state index contributed by atoms with van der Waals surface area (Å²) >= 11 is 0. The van der Waals surface area contributed by atoms with Crippen LogP contribution in [0.15, 0.2) is 41.1 Å². The van der Waals surface area contributed by atoms with E-state index in [9.17, 15) is 8.42 Å². The highest BCUT2D eigenvalue weighted by molar-refractivity contribution is 7.90. The van der Waals surface area contributed by atoms with Crippen LogP contribution in [0.3, 0.4) is 0 Å². The van der Waals surface area contributed by atoms with Gasteiger partial charge in [0.1, 0.15) is 5.75 Å². The minimum atomic E-state index is -3.19. The molecule has 3 N–H and O–H groups in total. The van der Waals surface area contributed by atoms with Crippen molar-refractivity contribution >= 4 is 9.84 Å².